The Labute approximate surface area is 130 Å². The Morgan fingerprint density at radius 1 is 1.33 bits per heavy atom. The minimum Gasteiger partial charge on any atom is -0.382 e. The first kappa shape index (κ1) is 13.9. The molecule has 7 nitrogen and oxygen atoms in total. The molecule has 3 heterocycles. The highest BCUT2D eigenvalue weighted by Gasteiger charge is 2.23. The van der Waals surface area contributed by atoms with Crippen LogP contribution in [0.25, 0.3) is 5.82 Å². The Morgan fingerprint density at radius 2 is 2.10 bits per heavy atom. The van der Waals surface area contributed by atoms with Gasteiger partial charge in [0, 0.05) is 23.8 Å². The van der Waals surface area contributed by atoms with Crippen LogP contribution in [0.4, 0.5) is 11.6 Å². The maximum absolute atomic E-state index is 9.37. The van der Waals surface area contributed by atoms with Crippen LogP contribution in [0.5, 0.6) is 0 Å². The third-order valence-electron chi connectivity index (χ3n) is 3.25. The Balaban J connectivity index is 2.04. The number of nitrogen functional groups attached to an aromatic ring is 1. The lowest BCUT2D eigenvalue weighted by atomic mass is 10.3. The van der Waals surface area contributed by atoms with Crippen LogP contribution in [0.1, 0.15) is 5.56 Å². The van der Waals surface area contributed by atoms with Crippen LogP contribution in [0.15, 0.2) is 22.8 Å². The molecule has 1 aliphatic rings. The molecule has 0 bridgehead atoms. The number of rotatable bonds is 2. The Kier molecular flexibility index (Phi) is 3.77. The summed E-state index contributed by atoms with van der Waals surface area (Å²) < 4.78 is 7.68. The third-order valence-corrected chi connectivity index (χ3v) is 3.72. The van der Waals surface area contributed by atoms with Crippen LogP contribution in [-0.4, -0.2) is 41.1 Å². The molecule has 8 heteroatoms. The summed E-state index contributed by atoms with van der Waals surface area (Å²) in [5.41, 5.74) is 6.44. The van der Waals surface area contributed by atoms with E-state index in [0.29, 0.717) is 49.3 Å². The number of halogens is 1. The predicted molar refractivity (Wildman–Crippen MR) is 81.2 cm³/mol. The highest BCUT2D eigenvalue weighted by Crippen LogP contribution is 2.27. The number of ether oxygens (including phenoxy) is 1. The molecular weight excluding hydrogens is 336 g/mol. The maximum Gasteiger partial charge on any atom is 0.171 e. The van der Waals surface area contributed by atoms with Gasteiger partial charge in [0.15, 0.2) is 11.6 Å². The first-order valence-corrected chi connectivity index (χ1v) is 7.23. The number of anilines is 2. The number of pyridine rings is 1. The van der Waals surface area contributed by atoms with Gasteiger partial charge in [-0.3, -0.25) is 0 Å². The summed E-state index contributed by atoms with van der Waals surface area (Å²) in [6.07, 6.45) is 1.66. The molecule has 2 aromatic rings. The van der Waals surface area contributed by atoms with E-state index >= 15 is 0 Å². The molecular formula is C13H13BrN6O. The van der Waals surface area contributed by atoms with Gasteiger partial charge in [-0.1, -0.05) is 0 Å². The molecule has 1 aliphatic heterocycles. The largest absolute Gasteiger partial charge is 0.382 e. The highest BCUT2D eigenvalue weighted by atomic mass is 79.9. The standard InChI is InChI=1S/C13H13BrN6O/c14-9-1-2-11(17-8-9)20-12(16)10(7-15)13(18-20)19-3-5-21-6-4-19/h1-2,8H,3-6,16H2. The first-order chi connectivity index (χ1) is 10.2. The monoisotopic (exact) mass is 348 g/mol. The molecule has 0 radical (unpaired) electrons. The first-order valence-electron chi connectivity index (χ1n) is 6.44. The van der Waals surface area contributed by atoms with Crippen LogP contribution >= 0.6 is 15.9 Å². The molecule has 0 amide bonds. The Hall–Kier alpha value is -2.11. The van der Waals surface area contributed by atoms with E-state index in [9.17, 15) is 5.26 Å². The second-order valence-corrected chi connectivity index (χ2v) is 5.46. The van der Waals surface area contributed by atoms with E-state index in [1.165, 1.54) is 4.68 Å². The van der Waals surface area contributed by atoms with E-state index in [-0.39, 0.29) is 0 Å². The molecule has 0 aromatic carbocycles. The van der Waals surface area contributed by atoms with Gasteiger partial charge >= 0.3 is 0 Å². The van der Waals surface area contributed by atoms with E-state index in [1.807, 2.05) is 11.0 Å². The minimum atomic E-state index is 0.300. The van der Waals surface area contributed by atoms with Crippen LogP contribution in [0.3, 0.4) is 0 Å². The summed E-state index contributed by atoms with van der Waals surface area (Å²) in [6.45, 7) is 2.63. The highest BCUT2D eigenvalue weighted by molar-refractivity contribution is 9.10. The fraction of sp³-hybridized carbons (Fsp3) is 0.308. The number of morpholine rings is 1. The second-order valence-electron chi connectivity index (χ2n) is 4.54. The van der Waals surface area contributed by atoms with Crippen molar-refractivity contribution in [2.45, 2.75) is 0 Å². The Morgan fingerprint density at radius 3 is 2.71 bits per heavy atom. The summed E-state index contributed by atoms with van der Waals surface area (Å²) in [5, 5.41) is 13.8. The van der Waals surface area contributed by atoms with Crippen molar-refractivity contribution in [1.29, 1.82) is 5.26 Å². The number of aromatic nitrogens is 3. The van der Waals surface area contributed by atoms with Crippen molar-refractivity contribution in [2.24, 2.45) is 0 Å². The van der Waals surface area contributed by atoms with Crippen LogP contribution in [-0.2, 0) is 4.74 Å². The lowest BCUT2D eigenvalue weighted by Gasteiger charge is -2.26. The second kappa shape index (κ2) is 5.71. The van der Waals surface area contributed by atoms with Gasteiger partial charge in [0.25, 0.3) is 0 Å². The number of nitrogens with zero attached hydrogens (tertiary/aromatic N) is 5. The SMILES string of the molecule is N#Cc1c(N2CCOCC2)nn(-c2ccc(Br)cn2)c1N. The van der Waals surface area contributed by atoms with Gasteiger partial charge in [-0.05, 0) is 28.1 Å². The fourth-order valence-electron chi connectivity index (χ4n) is 2.19. The molecule has 2 aromatic heterocycles. The topological polar surface area (TPSA) is 93.0 Å². The van der Waals surface area contributed by atoms with Crippen molar-refractivity contribution in [3.05, 3.63) is 28.4 Å². The van der Waals surface area contributed by atoms with E-state index in [4.69, 9.17) is 10.5 Å². The van der Waals surface area contributed by atoms with Crippen molar-refractivity contribution in [3.8, 4) is 11.9 Å². The molecule has 1 saturated heterocycles. The van der Waals surface area contributed by atoms with Crippen molar-refractivity contribution in [2.75, 3.05) is 36.9 Å². The van der Waals surface area contributed by atoms with Gasteiger partial charge in [-0.2, -0.15) is 9.94 Å². The summed E-state index contributed by atoms with van der Waals surface area (Å²) in [7, 11) is 0. The van der Waals surface area contributed by atoms with Gasteiger partial charge < -0.3 is 15.4 Å². The molecule has 0 spiro atoms. The molecule has 3 rings (SSSR count). The third kappa shape index (κ3) is 2.57. The minimum absolute atomic E-state index is 0.300. The van der Waals surface area contributed by atoms with Crippen molar-refractivity contribution in [1.82, 2.24) is 14.8 Å². The molecule has 0 aliphatic carbocycles. The van der Waals surface area contributed by atoms with Crippen LogP contribution < -0.4 is 10.6 Å². The summed E-state index contributed by atoms with van der Waals surface area (Å²) in [5.74, 6) is 1.46. The predicted octanol–water partition coefficient (Wildman–Crippen LogP) is 1.32. The maximum atomic E-state index is 9.37. The number of hydrogen-bond acceptors (Lipinski definition) is 6. The zero-order valence-electron chi connectivity index (χ0n) is 11.2. The smallest absolute Gasteiger partial charge is 0.171 e. The summed E-state index contributed by atoms with van der Waals surface area (Å²) >= 11 is 3.33. The molecule has 2 N–H and O–H groups in total. The molecule has 1 fully saturated rings. The van der Waals surface area contributed by atoms with E-state index in [0.717, 1.165) is 4.47 Å². The number of hydrogen-bond donors (Lipinski definition) is 1. The molecule has 0 saturated carbocycles. The van der Waals surface area contributed by atoms with Crippen molar-refractivity contribution in [3.63, 3.8) is 0 Å². The zero-order valence-corrected chi connectivity index (χ0v) is 12.7. The van der Waals surface area contributed by atoms with Gasteiger partial charge in [-0.15, -0.1) is 5.10 Å². The van der Waals surface area contributed by atoms with Gasteiger partial charge in [0.05, 0.1) is 13.2 Å². The van der Waals surface area contributed by atoms with Gasteiger partial charge in [0.2, 0.25) is 0 Å². The van der Waals surface area contributed by atoms with Crippen molar-refractivity contribution < 1.29 is 4.74 Å². The lowest BCUT2D eigenvalue weighted by molar-refractivity contribution is 0.122. The number of nitrogens with two attached hydrogens (primary N) is 1. The average Bonchev–Trinajstić information content (AvgIpc) is 2.86. The van der Waals surface area contributed by atoms with Crippen LogP contribution in [0, 0.1) is 11.3 Å². The van der Waals surface area contributed by atoms with Gasteiger partial charge in [0.1, 0.15) is 17.5 Å². The van der Waals surface area contributed by atoms with Crippen LogP contribution in [0.2, 0.25) is 0 Å². The summed E-state index contributed by atoms with van der Waals surface area (Å²) in [4.78, 5) is 6.27. The zero-order chi connectivity index (χ0) is 14.8. The quantitative estimate of drug-likeness (QED) is 0.879. The molecule has 0 atom stereocenters. The lowest BCUT2D eigenvalue weighted by Crippen LogP contribution is -2.37. The van der Waals surface area contributed by atoms with E-state index < -0.39 is 0 Å². The van der Waals surface area contributed by atoms with Crippen molar-refractivity contribution >= 4 is 27.6 Å². The summed E-state index contributed by atoms with van der Waals surface area (Å²) in [6, 6.07) is 5.78. The normalized spacial score (nSPS) is 15.0. The Bertz CT molecular complexity index is 684. The van der Waals surface area contributed by atoms with E-state index in [1.54, 1.807) is 12.3 Å². The molecule has 21 heavy (non-hydrogen) atoms. The average molecular weight is 349 g/mol. The molecule has 0 unspecified atom stereocenters. The molecule has 108 valence electrons. The fourth-order valence-corrected chi connectivity index (χ4v) is 2.43. The van der Waals surface area contributed by atoms with E-state index in [2.05, 4.69) is 32.1 Å². The number of nitriles is 1. The van der Waals surface area contributed by atoms with Gasteiger partial charge in [-0.25, -0.2) is 4.98 Å².